The van der Waals surface area contributed by atoms with Crippen LogP contribution >= 0.6 is 0 Å². The fourth-order valence-corrected chi connectivity index (χ4v) is 1.34. The zero-order chi connectivity index (χ0) is 16.5. The molecule has 0 aromatic carbocycles. The fraction of sp³-hybridized carbons (Fsp3) is 0.385. The minimum Gasteiger partial charge on any atom is -0.451 e. The average Bonchev–Trinajstić information content (AvgIpc) is 2.54. The van der Waals surface area contributed by atoms with Crippen LogP contribution in [0.2, 0.25) is 0 Å². The highest BCUT2D eigenvalue weighted by molar-refractivity contribution is 6.40. The third-order valence-electron chi connectivity index (χ3n) is 2.51. The normalized spacial score (nSPS) is 11.9. The summed E-state index contributed by atoms with van der Waals surface area (Å²) in [6.45, 7) is 3.40. The maximum absolute atomic E-state index is 11.7. The third kappa shape index (κ3) is 4.42. The molecule has 0 spiro atoms. The Morgan fingerprint density at radius 3 is 2.45 bits per heavy atom. The molecule has 0 atom stereocenters. The molecule has 0 N–H and O–H groups in total. The van der Waals surface area contributed by atoms with E-state index in [-0.39, 0.29) is 11.6 Å². The molecular formula is C13H18N4O5. The van der Waals surface area contributed by atoms with E-state index >= 15 is 0 Å². The molecule has 0 saturated carbocycles. The predicted molar refractivity (Wildman–Crippen MR) is 80.0 cm³/mol. The molecule has 1 rings (SSSR count). The minimum atomic E-state index is -0.724. The molecule has 22 heavy (non-hydrogen) atoms. The molecule has 0 aliphatic carbocycles. The van der Waals surface area contributed by atoms with Crippen molar-refractivity contribution >= 4 is 23.2 Å². The topological polar surface area (TPSA) is 94.8 Å². The van der Waals surface area contributed by atoms with Crippen LogP contribution in [0, 0.1) is 0 Å². The Morgan fingerprint density at radius 1 is 1.18 bits per heavy atom. The number of carbonyl (C=O) groups excluding carboxylic acids is 1. The van der Waals surface area contributed by atoms with Gasteiger partial charge in [-0.2, -0.15) is 0 Å². The summed E-state index contributed by atoms with van der Waals surface area (Å²) >= 11 is 0. The van der Waals surface area contributed by atoms with Crippen molar-refractivity contribution in [2.24, 2.45) is 10.3 Å². The summed E-state index contributed by atoms with van der Waals surface area (Å²) in [6.07, 6.45) is 0.767. The second-order valence-electron chi connectivity index (χ2n) is 3.90. The van der Waals surface area contributed by atoms with E-state index < -0.39 is 6.09 Å². The SMILES string of the molecule is CO/N=C(C)/C(C)=N/Oc1ncccc1N(OC)C(=O)OC. The van der Waals surface area contributed by atoms with E-state index in [0.717, 1.165) is 5.06 Å². The predicted octanol–water partition coefficient (Wildman–Crippen LogP) is 1.99. The maximum atomic E-state index is 11.7. The number of amides is 1. The Labute approximate surface area is 128 Å². The van der Waals surface area contributed by atoms with Gasteiger partial charge in [-0.05, 0) is 26.0 Å². The number of oxime groups is 2. The number of methoxy groups -OCH3 is 1. The van der Waals surface area contributed by atoms with Crippen molar-refractivity contribution in [3.63, 3.8) is 0 Å². The number of aromatic nitrogens is 1. The van der Waals surface area contributed by atoms with Gasteiger partial charge in [-0.1, -0.05) is 10.3 Å². The first-order valence-electron chi connectivity index (χ1n) is 6.22. The van der Waals surface area contributed by atoms with E-state index in [0.29, 0.717) is 11.4 Å². The molecule has 1 heterocycles. The smallest absolute Gasteiger partial charge is 0.438 e. The molecule has 0 unspecified atom stereocenters. The van der Waals surface area contributed by atoms with Gasteiger partial charge in [-0.3, -0.25) is 4.84 Å². The molecule has 9 heteroatoms. The van der Waals surface area contributed by atoms with Crippen LogP contribution < -0.4 is 9.90 Å². The van der Waals surface area contributed by atoms with E-state index in [9.17, 15) is 4.79 Å². The van der Waals surface area contributed by atoms with Crippen LogP contribution in [0.25, 0.3) is 0 Å². The molecule has 9 nitrogen and oxygen atoms in total. The van der Waals surface area contributed by atoms with E-state index in [1.807, 2.05) is 0 Å². The van der Waals surface area contributed by atoms with Crippen molar-refractivity contribution in [3.05, 3.63) is 18.3 Å². The summed E-state index contributed by atoms with van der Waals surface area (Å²) in [5.74, 6) is 0.0688. The summed E-state index contributed by atoms with van der Waals surface area (Å²) in [7, 11) is 3.98. The van der Waals surface area contributed by atoms with Gasteiger partial charge >= 0.3 is 6.09 Å². The third-order valence-corrected chi connectivity index (χ3v) is 2.51. The van der Waals surface area contributed by atoms with Crippen LogP contribution in [0.3, 0.4) is 0 Å². The zero-order valence-electron chi connectivity index (χ0n) is 13.1. The number of hydroxylamine groups is 1. The van der Waals surface area contributed by atoms with E-state index in [2.05, 4.69) is 24.9 Å². The van der Waals surface area contributed by atoms with Crippen LogP contribution in [0.1, 0.15) is 13.8 Å². The van der Waals surface area contributed by atoms with E-state index in [1.54, 1.807) is 26.0 Å². The Kier molecular flexibility index (Phi) is 6.77. The second kappa shape index (κ2) is 8.57. The first kappa shape index (κ1) is 17.4. The molecule has 0 aliphatic heterocycles. The quantitative estimate of drug-likeness (QED) is 0.589. The zero-order valence-corrected chi connectivity index (χ0v) is 13.1. The number of rotatable bonds is 6. The lowest BCUT2D eigenvalue weighted by Gasteiger charge is -2.18. The van der Waals surface area contributed by atoms with Crippen LogP contribution in [-0.4, -0.2) is 43.8 Å². The Hall–Kier alpha value is -2.68. The molecule has 1 aromatic rings. The molecule has 0 bridgehead atoms. The molecule has 0 radical (unpaired) electrons. The van der Waals surface area contributed by atoms with Gasteiger partial charge in [0.05, 0.1) is 14.2 Å². The first-order valence-corrected chi connectivity index (χ1v) is 6.22. The molecular weight excluding hydrogens is 292 g/mol. The van der Waals surface area contributed by atoms with Gasteiger partial charge in [0.25, 0.3) is 5.88 Å². The maximum Gasteiger partial charge on any atom is 0.438 e. The highest BCUT2D eigenvalue weighted by atomic mass is 16.7. The van der Waals surface area contributed by atoms with Gasteiger partial charge in [-0.25, -0.2) is 9.78 Å². The van der Waals surface area contributed by atoms with Gasteiger partial charge in [0.15, 0.2) is 0 Å². The molecule has 120 valence electrons. The van der Waals surface area contributed by atoms with Crippen molar-refractivity contribution in [3.8, 4) is 5.88 Å². The number of hydrogen-bond donors (Lipinski definition) is 0. The van der Waals surface area contributed by atoms with Gasteiger partial charge in [0.1, 0.15) is 24.2 Å². The molecule has 1 aromatic heterocycles. The summed E-state index contributed by atoms with van der Waals surface area (Å²) in [6, 6.07) is 3.19. The van der Waals surface area contributed by atoms with Crippen molar-refractivity contribution in [2.75, 3.05) is 26.4 Å². The number of pyridine rings is 1. The Bertz CT molecular complexity index is 573. The average molecular weight is 310 g/mol. The van der Waals surface area contributed by atoms with Crippen molar-refractivity contribution in [2.45, 2.75) is 13.8 Å². The minimum absolute atomic E-state index is 0.0688. The van der Waals surface area contributed by atoms with Crippen molar-refractivity contribution in [1.82, 2.24) is 4.98 Å². The van der Waals surface area contributed by atoms with Gasteiger partial charge < -0.3 is 14.4 Å². The summed E-state index contributed by atoms with van der Waals surface area (Å²) in [4.78, 5) is 30.5. The van der Waals surface area contributed by atoms with E-state index in [1.165, 1.54) is 27.5 Å². The van der Waals surface area contributed by atoms with E-state index in [4.69, 9.17) is 9.68 Å². The molecule has 0 fully saturated rings. The second-order valence-corrected chi connectivity index (χ2v) is 3.90. The van der Waals surface area contributed by atoms with Gasteiger partial charge in [0.2, 0.25) is 0 Å². The summed E-state index contributed by atoms with van der Waals surface area (Å²) < 4.78 is 4.62. The number of ether oxygens (including phenoxy) is 1. The van der Waals surface area contributed by atoms with Gasteiger partial charge in [0, 0.05) is 6.20 Å². The summed E-state index contributed by atoms with van der Waals surface area (Å²) in [5.41, 5.74) is 1.27. The van der Waals surface area contributed by atoms with Gasteiger partial charge in [-0.15, -0.1) is 5.06 Å². The highest BCUT2D eigenvalue weighted by Crippen LogP contribution is 2.26. The van der Waals surface area contributed by atoms with Crippen LogP contribution in [0.4, 0.5) is 10.5 Å². The lowest BCUT2D eigenvalue weighted by atomic mass is 10.3. The number of carbonyl (C=O) groups is 1. The Morgan fingerprint density at radius 2 is 1.86 bits per heavy atom. The molecule has 0 aliphatic rings. The van der Waals surface area contributed by atoms with Crippen LogP contribution in [-0.2, 0) is 14.4 Å². The lowest BCUT2D eigenvalue weighted by molar-refractivity contribution is 0.114. The summed E-state index contributed by atoms with van der Waals surface area (Å²) in [5, 5.41) is 8.50. The van der Waals surface area contributed by atoms with Crippen LogP contribution in [0.5, 0.6) is 5.88 Å². The van der Waals surface area contributed by atoms with Crippen LogP contribution in [0.15, 0.2) is 28.6 Å². The number of hydrogen-bond acceptors (Lipinski definition) is 8. The molecule has 0 saturated heterocycles. The fourth-order valence-electron chi connectivity index (χ4n) is 1.34. The largest absolute Gasteiger partial charge is 0.451 e. The standard InChI is InChI=1S/C13H18N4O5/c1-9(15-20-4)10(2)16-22-12-11(7-6-8-14-12)17(21-5)13(18)19-3/h6-8H,1-5H3/b15-9+,16-10+. The number of anilines is 1. The van der Waals surface area contributed by atoms with Crippen molar-refractivity contribution in [1.29, 1.82) is 0 Å². The number of nitrogens with zero attached hydrogens (tertiary/aromatic N) is 4. The first-order chi connectivity index (χ1) is 10.5. The molecule has 1 amide bonds. The monoisotopic (exact) mass is 310 g/mol. The highest BCUT2D eigenvalue weighted by Gasteiger charge is 2.21. The Balaban J connectivity index is 3.04. The lowest BCUT2D eigenvalue weighted by Crippen LogP contribution is -2.30. The van der Waals surface area contributed by atoms with Crippen molar-refractivity contribution < 1.29 is 24.0 Å².